The Hall–Kier alpha value is -2.11. The van der Waals surface area contributed by atoms with E-state index in [-0.39, 0.29) is 23.7 Å². The number of aliphatic hydroxyl groups is 1. The summed E-state index contributed by atoms with van der Waals surface area (Å²) in [4.78, 5) is 15.0. The lowest BCUT2D eigenvalue weighted by atomic mass is 9.79. The molecule has 1 aliphatic heterocycles. The normalized spacial score (nSPS) is 28.2. The highest BCUT2D eigenvalue weighted by atomic mass is 16.5. The second kappa shape index (κ2) is 6.89. The molecule has 2 heterocycles. The summed E-state index contributed by atoms with van der Waals surface area (Å²) in [7, 11) is 1.73. The van der Waals surface area contributed by atoms with Crippen LogP contribution in [0.2, 0.25) is 0 Å². The van der Waals surface area contributed by atoms with Crippen molar-refractivity contribution in [1.29, 1.82) is 0 Å². The Morgan fingerprint density at radius 1 is 1.23 bits per heavy atom. The van der Waals surface area contributed by atoms with Gasteiger partial charge in [-0.15, -0.1) is 0 Å². The van der Waals surface area contributed by atoms with E-state index in [1.54, 1.807) is 7.11 Å². The van der Waals surface area contributed by atoms with Crippen LogP contribution in [-0.2, 0) is 11.3 Å². The maximum atomic E-state index is 13.1. The quantitative estimate of drug-likeness (QED) is 0.918. The SMILES string of the molecule is CO[C@@]12CCC(O)CC1N(C(=O)c1ccc(Cn3cccc3)cc1)CC2. The zero-order chi connectivity index (χ0) is 18.1. The van der Waals surface area contributed by atoms with Gasteiger partial charge in [0.2, 0.25) is 0 Å². The maximum Gasteiger partial charge on any atom is 0.254 e. The second-order valence-electron chi connectivity index (χ2n) is 7.51. The van der Waals surface area contributed by atoms with Gasteiger partial charge in [0.05, 0.1) is 17.7 Å². The first-order valence-electron chi connectivity index (χ1n) is 9.35. The van der Waals surface area contributed by atoms with Gasteiger partial charge in [-0.2, -0.15) is 0 Å². The van der Waals surface area contributed by atoms with Crippen molar-refractivity contribution in [3.63, 3.8) is 0 Å². The smallest absolute Gasteiger partial charge is 0.254 e. The lowest BCUT2D eigenvalue weighted by molar-refractivity contribution is -0.0824. The average Bonchev–Trinajstić information content (AvgIpc) is 3.30. The summed E-state index contributed by atoms with van der Waals surface area (Å²) in [6.07, 6.45) is 6.73. The van der Waals surface area contributed by atoms with E-state index in [0.717, 1.165) is 25.8 Å². The zero-order valence-corrected chi connectivity index (χ0v) is 15.2. The molecule has 5 heteroatoms. The van der Waals surface area contributed by atoms with Crippen LogP contribution in [0.15, 0.2) is 48.8 Å². The van der Waals surface area contributed by atoms with Gasteiger partial charge in [-0.3, -0.25) is 4.79 Å². The number of aromatic nitrogens is 1. The number of rotatable bonds is 4. The van der Waals surface area contributed by atoms with E-state index in [9.17, 15) is 9.90 Å². The van der Waals surface area contributed by atoms with Gasteiger partial charge in [0, 0.05) is 38.2 Å². The predicted molar refractivity (Wildman–Crippen MR) is 99.0 cm³/mol. The number of ether oxygens (including phenoxy) is 1. The number of hydrogen-bond donors (Lipinski definition) is 1. The summed E-state index contributed by atoms with van der Waals surface area (Å²) in [6, 6.07) is 11.8. The molecule has 2 fully saturated rings. The molecule has 1 aromatic carbocycles. The van der Waals surface area contributed by atoms with Crippen molar-refractivity contribution >= 4 is 5.91 Å². The van der Waals surface area contributed by atoms with Crippen LogP contribution in [0, 0.1) is 0 Å². The summed E-state index contributed by atoms with van der Waals surface area (Å²) < 4.78 is 7.94. The van der Waals surface area contributed by atoms with Gasteiger partial charge in [-0.05, 0) is 55.5 Å². The second-order valence-corrected chi connectivity index (χ2v) is 7.51. The van der Waals surface area contributed by atoms with Crippen molar-refractivity contribution in [2.24, 2.45) is 0 Å². The molecule has 1 aliphatic carbocycles. The highest BCUT2D eigenvalue weighted by molar-refractivity contribution is 5.94. The number of carbonyl (C=O) groups excluding carboxylic acids is 1. The van der Waals surface area contributed by atoms with Gasteiger partial charge in [0.15, 0.2) is 0 Å². The zero-order valence-electron chi connectivity index (χ0n) is 15.2. The number of benzene rings is 1. The molecule has 1 saturated carbocycles. The molecule has 1 aromatic heterocycles. The van der Waals surface area contributed by atoms with Crippen LogP contribution in [0.4, 0.5) is 0 Å². The van der Waals surface area contributed by atoms with Crippen molar-refractivity contribution in [1.82, 2.24) is 9.47 Å². The number of amides is 1. The topological polar surface area (TPSA) is 54.7 Å². The van der Waals surface area contributed by atoms with Crippen LogP contribution in [0.25, 0.3) is 0 Å². The summed E-state index contributed by atoms with van der Waals surface area (Å²) in [6.45, 7) is 1.49. The van der Waals surface area contributed by atoms with E-state index in [0.29, 0.717) is 18.5 Å². The van der Waals surface area contributed by atoms with Crippen LogP contribution in [-0.4, -0.2) is 51.9 Å². The van der Waals surface area contributed by atoms with E-state index >= 15 is 0 Å². The van der Waals surface area contributed by atoms with E-state index in [1.807, 2.05) is 53.7 Å². The number of likely N-dealkylation sites (tertiary alicyclic amines) is 1. The Kier molecular flexibility index (Phi) is 4.59. The first kappa shape index (κ1) is 17.3. The maximum absolute atomic E-state index is 13.1. The van der Waals surface area contributed by atoms with Gasteiger partial charge in [0.25, 0.3) is 5.91 Å². The largest absolute Gasteiger partial charge is 0.393 e. The summed E-state index contributed by atoms with van der Waals surface area (Å²) in [5, 5.41) is 10.1. The molecule has 2 unspecified atom stereocenters. The Bertz CT molecular complexity index is 756. The van der Waals surface area contributed by atoms with Crippen LogP contribution < -0.4 is 0 Å². The molecule has 3 atom stereocenters. The molecule has 0 radical (unpaired) electrons. The highest BCUT2D eigenvalue weighted by Gasteiger charge is 2.52. The number of hydrogen-bond acceptors (Lipinski definition) is 3. The lowest BCUT2D eigenvalue weighted by Crippen LogP contribution is -2.52. The summed E-state index contributed by atoms with van der Waals surface area (Å²) >= 11 is 0. The molecule has 5 nitrogen and oxygen atoms in total. The Morgan fingerprint density at radius 2 is 1.96 bits per heavy atom. The van der Waals surface area contributed by atoms with E-state index < -0.39 is 0 Å². The van der Waals surface area contributed by atoms with Crippen LogP contribution in [0.5, 0.6) is 0 Å². The molecule has 1 amide bonds. The van der Waals surface area contributed by atoms with E-state index in [2.05, 4.69) is 4.57 Å². The molecule has 2 aliphatic rings. The molecule has 0 bridgehead atoms. The number of aliphatic hydroxyl groups excluding tert-OH is 1. The molecule has 26 heavy (non-hydrogen) atoms. The fourth-order valence-corrected chi connectivity index (χ4v) is 4.52. The summed E-state index contributed by atoms with van der Waals surface area (Å²) in [5.74, 6) is 0.0375. The van der Waals surface area contributed by atoms with Gasteiger partial charge in [-0.25, -0.2) is 0 Å². The van der Waals surface area contributed by atoms with Gasteiger partial charge < -0.3 is 19.3 Å². The Labute approximate surface area is 154 Å². The van der Waals surface area contributed by atoms with Crippen molar-refractivity contribution < 1.29 is 14.6 Å². The molecule has 2 aromatic rings. The van der Waals surface area contributed by atoms with Crippen LogP contribution in [0.3, 0.4) is 0 Å². The minimum absolute atomic E-state index is 0.0375. The van der Waals surface area contributed by atoms with E-state index in [1.165, 1.54) is 5.56 Å². The highest BCUT2D eigenvalue weighted by Crippen LogP contribution is 2.42. The fraction of sp³-hybridized carbons (Fsp3) is 0.476. The fourth-order valence-electron chi connectivity index (χ4n) is 4.52. The van der Waals surface area contributed by atoms with Crippen molar-refractivity contribution in [3.8, 4) is 0 Å². The number of carbonyl (C=O) groups is 1. The van der Waals surface area contributed by atoms with Crippen molar-refractivity contribution in [2.45, 2.75) is 50.0 Å². The first-order chi connectivity index (χ1) is 12.6. The van der Waals surface area contributed by atoms with Gasteiger partial charge in [-0.1, -0.05) is 12.1 Å². The molecule has 1 saturated heterocycles. The number of fused-ring (bicyclic) bond motifs is 1. The average molecular weight is 354 g/mol. The lowest BCUT2D eigenvalue weighted by Gasteiger charge is -2.42. The number of nitrogens with zero attached hydrogens (tertiary/aromatic N) is 2. The molecule has 4 rings (SSSR count). The molecule has 0 spiro atoms. The molecule has 1 N–H and O–H groups in total. The minimum atomic E-state index is -0.347. The minimum Gasteiger partial charge on any atom is -0.393 e. The van der Waals surface area contributed by atoms with Gasteiger partial charge in [0.1, 0.15) is 0 Å². The number of methoxy groups -OCH3 is 1. The van der Waals surface area contributed by atoms with Crippen molar-refractivity contribution in [3.05, 3.63) is 59.9 Å². The third-order valence-electron chi connectivity index (χ3n) is 6.06. The van der Waals surface area contributed by atoms with Crippen LogP contribution >= 0.6 is 0 Å². The third-order valence-corrected chi connectivity index (χ3v) is 6.06. The third kappa shape index (κ3) is 3.06. The Balaban J connectivity index is 1.50. The van der Waals surface area contributed by atoms with E-state index in [4.69, 9.17) is 4.74 Å². The van der Waals surface area contributed by atoms with Gasteiger partial charge >= 0.3 is 0 Å². The Morgan fingerprint density at radius 3 is 2.65 bits per heavy atom. The van der Waals surface area contributed by atoms with Crippen molar-refractivity contribution in [2.75, 3.05) is 13.7 Å². The monoisotopic (exact) mass is 354 g/mol. The van der Waals surface area contributed by atoms with Crippen LogP contribution in [0.1, 0.15) is 41.6 Å². The molecular formula is C21H26N2O3. The molecule has 138 valence electrons. The standard InChI is InChI=1S/C21H26N2O3/c1-26-21-9-8-18(24)14-19(21)23(13-10-21)20(25)17-6-4-16(5-7-17)15-22-11-2-3-12-22/h2-7,11-12,18-19,24H,8-10,13-15H2,1H3/t18?,19?,21-/m1/s1. The molecular weight excluding hydrogens is 328 g/mol. The predicted octanol–water partition coefficient (Wildman–Crippen LogP) is 2.68. The first-order valence-corrected chi connectivity index (χ1v) is 9.35. The summed E-state index contributed by atoms with van der Waals surface area (Å²) in [5.41, 5.74) is 1.58.